The molecule has 0 aliphatic carbocycles. The summed E-state index contributed by atoms with van der Waals surface area (Å²) in [4.78, 5) is 29.7. The summed E-state index contributed by atoms with van der Waals surface area (Å²) in [5, 5.41) is 3.90. The van der Waals surface area contributed by atoms with Crippen LogP contribution in [-0.2, 0) is 11.3 Å². The summed E-state index contributed by atoms with van der Waals surface area (Å²) < 4.78 is 12.0. The van der Waals surface area contributed by atoms with Gasteiger partial charge in [0.1, 0.15) is 11.5 Å². The van der Waals surface area contributed by atoms with Crippen LogP contribution < -0.4 is 20.3 Å². The Bertz CT molecular complexity index is 1060. The molecule has 3 aromatic rings. The second-order valence-electron chi connectivity index (χ2n) is 5.86. The van der Waals surface area contributed by atoms with Gasteiger partial charge in [-0.25, -0.2) is 4.98 Å². The van der Waals surface area contributed by atoms with Gasteiger partial charge >= 0.3 is 0 Å². The topological polar surface area (TPSA) is 82.5 Å². The molecule has 7 nitrogen and oxygen atoms in total. The van der Waals surface area contributed by atoms with Crippen LogP contribution in [0.1, 0.15) is 6.92 Å². The number of aromatic nitrogens is 2. The number of amides is 1. The van der Waals surface area contributed by atoms with Gasteiger partial charge in [-0.1, -0.05) is 23.9 Å². The fourth-order valence-electron chi connectivity index (χ4n) is 2.76. The maximum atomic E-state index is 12.6. The largest absolute Gasteiger partial charge is 0.497 e. The van der Waals surface area contributed by atoms with Crippen molar-refractivity contribution in [3.05, 3.63) is 52.8 Å². The number of fused-ring (bicyclic) bond motifs is 1. The van der Waals surface area contributed by atoms with Crippen LogP contribution in [0, 0.1) is 0 Å². The molecular formula is C20H21N3O4S. The molecule has 0 saturated heterocycles. The lowest BCUT2D eigenvalue weighted by Gasteiger charge is -2.13. The Labute approximate surface area is 166 Å². The Balaban J connectivity index is 1.79. The standard InChI is InChI=1S/C20H21N3O4S/c1-4-23-19(25)14-7-5-6-8-15(14)22-20(23)28-12-18(24)21-16-11-13(26-2)9-10-17(16)27-3/h5-11H,4,12H2,1-3H3,(H,21,24). The lowest BCUT2D eigenvalue weighted by molar-refractivity contribution is -0.113. The van der Waals surface area contributed by atoms with Crippen molar-refractivity contribution in [2.45, 2.75) is 18.6 Å². The van der Waals surface area contributed by atoms with Crippen molar-refractivity contribution in [2.24, 2.45) is 0 Å². The lowest BCUT2D eigenvalue weighted by Crippen LogP contribution is -2.23. The van der Waals surface area contributed by atoms with E-state index in [-0.39, 0.29) is 17.2 Å². The number of benzene rings is 2. The van der Waals surface area contributed by atoms with E-state index in [4.69, 9.17) is 9.47 Å². The van der Waals surface area contributed by atoms with E-state index in [1.54, 1.807) is 42.0 Å². The highest BCUT2D eigenvalue weighted by atomic mass is 32.2. The van der Waals surface area contributed by atoms with Gasteiger partial charge in [0.15, 0.2) is 5.16 Å². The van der Waals surface area contributed by atoms with Crippen molar-refractivity contribution in [2.75, 3.05) is 25.3 Å². The average molecular weight is 399 g/mol. The van der Waals surface area contributed by atoms with Crippen LogP contribution >= 0.6 is 11.8 Å². The van der Waals surface area contributed by atoms with Crippen molar-refractivity contribution in [3.63, 3.8) is 0 Å². The smallest absolute Gasteiger partial charge is 0.262 e. The number of para-hydroxylation sites is 1. The maximum Gasteiger partial charge on any atom is 0.262 e. The van der Waals surface area contributed by atoms with E-state index >= 15 is 0 Å². The summed E-state index contributed by atoms with van der Waals surface area (Å²) in [7, 11) is 3.09. The Hall–Kier alpha value is -3.00. The summed E-state index contributed by atoms with van der Waals surface area (Å²) in [5.74, 6) is 1.01. The molecule has 1 aromatic heterocycles. The zero-order valence-corrected chi connectivity index (χ0v) is 16.7. The van der Waals surface area contributed by atoms with Crippen LogP contribution in [0.15, 0.2) is 52.4 Å². The quantitative estimate of drug-likeness (QED) is 0.485. The van der Waals surface area contributed by atoms with E-state index < -0.39 is 0 Å². The molecule has 0 saturated carbocycles. The van der Waals surface area contributed by atoms with Crippen molar-refractivity contribution in [1.29, 1.82) is 0 Å². The summed E-state index contributed by atoms with van der Waals surface area (Å²) in [6.07, 6.45) is 0. The number of anilines is 1. The number of rotatable bonds is 7. The lowest BCUT2D eigenvalue weighted by atomic mass is 10.2. The van der Waals surface area contributed by atoms with E-state index in [1.807, 2.05) is 19.1 Å². The maximum absolute atomic E-state index is 12.6. The Morgan fingerprint density at radius 3 is 2.68 bits per heavy atom. The Morgan fingerprint density at radius 2 is 1.96 bits per heavy atom. The molecule has 1 N–H and O–H groups in total. The van der Waals surface area contributed by atoms with Gasteiger partial charge in [-0.15, -0.1) is 0 Å². The van der Waals surface area contributed by atoms with E-state index in [0.717, 1.165) is 0 Å². The average Bonchev–Trinajstić information content (AvgIpc) is 2.72. The molecule has 0 fully saturated rings. The second kappa shape index (κ2) is 8.79. The molecule has 0 atom stereocenters. The zero-order chi connectivity index (χ0) is 20.1. The predicted octanol–water partition coefficient (Wildman–Crippen LogP) is 3.16. The zero-order valence-electron chi connectivity index (χ0n) is 15.9. The van der Waals surface area contributed by atoms with Crippen LogP contribution in [0.5, 0.6) is 11.5 Å². The third kappa shape index (κ3) is 4.12. The number of nitrogens with one attached hydrogen (secondary N) is 1. The summed E-state index contributed by atoms with van der Waals surface area (Å²) in [6.45, 7) is 2.35. The summed E-state index contributed by atoms with van der Waals surface area (Å²) in [5.41, 5.74) is 1.03. The van der Waals surface area contributed by atoms with Gasteiger partial charge in [-0.05, 0) is 31.2 Å². The summed E-state index contributed by atoms with van der Waals surface area (Å²) in [6, 6.07) is 12.4. The first-order chi connectivity index (χ1) is 13.6. The SMILES string of the molecule is CCn1c(SCC(=O)Nc2cc(OC)ccc2OC)nc2ccccc2c1=O. The number of hydrogen-bond donors (Lipinski definition) is 1. The minimum absolute atomic E-state index is 0.102. The van der Waals surface area contributed by atoms with Gasteiger partial charge in [-0.2, -0.15) is 0 Å². The van der Waals surface area contributed by atoms with Crippen LogP contribution in [-0.4, -0.2) is 35.4 Å². The Morgan fingerprint density at radius 1 is 1.18 bits per heavy atom. The summed E-state index contributed by atoms with van der Waals surface area (Å²) >= 11 is 1.22. The number of ether oxygens (including phenoxy) is 2. The minimum atomic E-state index is -0.235. The number of hydrogen-bond acceptors (Lipinski definition) is 6. The van der Waals surface area contributed by atoms with Crippen LogP contribution in [0.4, 0.5) is 5.69 Å². The van der Waals surface area contributed by atoms with Crippen molar-refractivity contribution in [1.82, 2.24) is 9.55 Å². The highest BCUT2D eigenvalue weighted by molar-refractivity contribution is 7.99. The van der Waals surface area contributed by atoms with Crippen molar-refractivity contribution < 1.29 is 14.3 Å². The molecule has 0 radical (unpaired) electrons. The number of methoxy groups -OCH3 is 2. The number of nitrogens with zero attached hydrogens (tertiary/aromatic N) is 2. The Kier molecular flexibility index (Phi) is 6.20. The predicted molar refractivity (Wildman–Crippen MR) is 111 cm³/mol. The van der Waals surface area contributed by atoms with Gasteiger partial charge < -0.3 is 14.8 Å². The molecule has 1 heterocycles. The molecule has 0 unspecified atom stereocenters. The third-order valence-electron chi connectivity index (χ3n) is 4.16. The van der Waals surface area contributed by atoms with Gasteiger partial charge in [0.2, 0.25) is 5.91 Å². The molecule has 2 aromatic carbocycles. The van der Waals surface area contributed by atoms with Gasteiger partial charge in [0.05, 0.1) is 36.6 Å². The molecule has 8 heteroatoms. The van der Waals surface area contributed by atoms with E-state index in [9.17, 15) is 9.59 Å². The van der Waals surface area contributed by atoms with Crippen LogP contribution in [0.25, 0.3) is 10.9 Å². The van der Waals surface area contributed by atoms with Crippen LogP contribution in [0.2, 0.25) is 0 Å². The van der Waals surface area contributed by atoms with Crippen molar-refractivity contribution >= 4 is 34.3 Å². The first-order valence-electron chi connectivity index (χ1n) is 8.71. The van der Waals surface area contributed by atoms with Crippen molar-refractivity contribution in [3.8, 4) is 11.5 Å². The normalized spacial score (nSPS) is 10.7. The highest BCUT2D eigenvalue weighted by Gasteiger charge is 2.14. The monoisotopic (exact) mass is 399 g/mol. The number of carbonyl (C=O) groups is 1. The third-order valence-corrected chi connectivity index (χ3v) is 5.13. The molecule has 1 amide bonds. The molecule has 0 aliphatic heterocycles. The molecule has 28 heavy (non-hydrogen) atoms. The molecule has 0 spiro atoms. The highest BCUT2D eigenvalue weighted by Crippen LogP contribution is 2.29. The first-order valence-corrected chi connectivity index (χ1v) is 9.70. The van der Waals surface area contributed by atoms with Gasteiger partial charge in [-0.3, -0.25) is 14.2 Å². The fourth-order valence-corrected chi connectivity index (χ4v) is 3.63. The molecule has 3 rings (SSSR count). The van der Waals surface area contributed by atoms with Gasteiger partial charge in [0.25, 0.3) is 5.56 Å². The molecular weight excluding hydrogens is 378 g/mol. The second-order valence-corrected chi connectivity index (χ2v) is 6.81. The fraction of sp³-hybridized carbons (Fsp3) is 0.250. The van der Waals surface area contributed by atoms with Gasteiger partial charge in [0, 0.05) is 12.6 Å². The van der Waals surface area contributed by atoms with Crippen LogP contribution in [0.3, 0.4) is 0 Å². The minimum Gasteiger partial charge on any atom is -0.497 e. The molecule has 0 bridgehead atoms. The number of thioether (sulfide) groups is 1. The first kappa shape index (κ1) is 19.8. The van der Waals surface area contributed by atoms with E-state index in [1.165, 1.54) is 18.9 Å². The number of carbonyl (C=O) groups excluding carboxylic acids is 1. The van der Waals surface area contributed by atoms with E-state index in [2.05, 4.69) is 10.3 Å². The molecule has 0 aliphatic rings. The van der Waals surface area contributed by atoms with E-state index in [0.29, 0.717) is 39.8 Å². The molecule has 146 valence electrons.